The van der Waals surface area contributed by atoms with Gasteiger partial charge in [-0.25, -0.2) is 4.98 Å². The van der Waals surface area contributed by atoms with E-state index in [0.717, 1.165) is 36.8 Å². The van der Waals surface area contributed by atoms with Crippen LogP contribution in [0.15, 0.2) is 12.1 Å². The Hall–Kier alpha value is -1.05. The molecule has 0 saturated heterocycles. The fraction of sp³-hybridized carbons (Fsp3) is 0.722. The molecule has 0 saturated carbocycles. The van der Waals surface area contributed by atoms with Crippen molar-refractivity contribution >= 4 is 0 Å². The first-order chi connectivity index (χ1) is 9.54. The SMILES string of the molecule is CCC(CC)Cc1ccc(C(C)(CC)CC)nc1OC. The lowest BCUT2D eigenvalue weighted by Crippen LogP contribution is -2.21. The smallest absolute Gasteiger partial charge is 0.216 e. The van der Waals surface area contributed by atoms with Crippen LogP contribution < -0.4 is 4.74 Å². The zero-order chi connectivity index (χ0) is 15.2. The second-order valence-electron chi connectivity index (χ2n) is 6.02. The van der Waals surface area contributed by atoms with E-state index in [9.17, 15) is 0 Å². The highest BCUT2D eigenvalue weighted by Crippen LogP contribution is 2.32. The number of hydrogen-bond donors (Lipinski definition) is 0. The Bertz CT molecular complexity index is 406. The maximum Gasteiger partial charge on any atom is 0.216 e. The number of pyridine rings is 1. The molecule has 0 unspecified atom stereocenters. The standard InChI is InChI=1S/C18H31NO/c1-7-14(8-2)13-15-11-12-16(19-17(15)20-6)18(5,9-3)10-4/h11-12,14H,7-10,13H2,1-6H3. The third-order valence-electron chi connectivity index (χ3n) is 4.97. The van der Waals surface area contributed by atoms with Gasteiger partial charge in [-0.1, -0.05) is 53.5 Å². The Labute approximate surface area is 125 Å². The van der Waals surface area contributed by atoms with E-state index in [0.29, 0.717) is 0 Å². The van der Waals surface area contributed by atoms with Gasteiger partial charge in [-0.2, -0.15) is 0 Å². The fourth-order valence-electron chi connectivity index (χ4n) is 2.64. The summed E-state index contributed by atoms with van der Waals surface area (Å²) in [7, 11) is 1.73. The predicted molar refractivity (Wildman–Crippen MR) is 86.5 cm³/mol. The van der Waals surface area contributed by atoms with Gasteiger partial charge in [-0.05, 0) is 31.2 Å². The van der Waals surface area contributed by atoms with Crippen molar-refractivity contribution in [1.82, 2.24) is 4.98 Å². The summed E-state index contributed by atoms with van der Waals surface area (Å²) in [6.45, 7) is 11.3. The summed E-state index contributed by atoms with van der Waals surface area (Å²) in [4.78, 5) is 4.80. The highest BCUT2D eigenvalue weighted by molar-refractivity contribution is 5.31. The third-order valence-corrected chi connectivity index (χ3v) is 4.97. The zero-order valence-corrected chi connectivity index (χ0v) is 14.1. The van der Waals surface area contributed by atoms with Crippen LogP contribution in [0.5, 0.6) is 5.88 Å². The molecule has 1 heterocycles. The topological polar surface area (TPSA) is 22.1 Å². The third kappa shape index (κ3) is 3.74. The molecule has 0 N–H and O–H groups in total. The van der Waals surface area contributed by atoms with Gasteiger partial charge in [0.2, 0.25) is 5.88 Å². The van der Waals surface area contributed by atoms with Crippen LogP contribution >= 0.6 is 0 Å². The largest absolute Gasteiger partial charge is 0.481 e. The van der Waals surface area contributed by atoms with Gasteiger partial charge in [-0.15, -0.1) is 0 Å². The summed E-state index contributed by atoms with van der Waals surface area (Å²) < 4.78 is 5.55. The Kier molecular flexibility index (Phi) is 6.51. The van der Waals surface area contributed by atoms with Crippen molar-refractivity contribution in [3.05, 3.63) is 23.4 Å². The monoisotopic (exact) mass is 277 g/mol. The van der Waals surface area contributed by atoms with Gasteiger partial charge < -0.3 is 4.74 Å². The van der Waals surface area contributed by atoms with Crippen molar-refractivity contribution in [1.29, 1.82) is 0 Å². The minimum absolute atomic E-state index is 0.153. The first-order valence-electron chi connectivity index (χ1n) is 8.08. The number of aromatic nitrogens is 1. The van der Waals surface area contributed by atoms with E-state index in [-0.39, 0.29) is 5.41 Å². The minimum Gasteiger partial charge on any atom is -0.481 e. The van der Waals surface area contributed by atoms with E-state index in [1.807, 2.05) is 0 Å². The van der Waals surface area contributed by atoms with E-state index in [1.165, 1.54) is 18.4 Å². The molecule has 0 bridgehead atoms. The molecule has 0 fully saturated rings. The van der Waals surface area contributed by atoms with Crippen molar-refractivity contribution in [3.8, 4) is 5.88 Å². The van der Waals surface area contributed by atoms with Crippen LogP contribution in [-0.4, -0.2) is 12.1 Å². The highest BCUT2D eigenvalue weighted by Gasteiger charge is 2.25. The lowest BCUT2D eigenvalue weighted by atomic mass is 9.81. The Morgan fingerprint density at radius 2 is 1.70 bits per heavy atom. The Balaban J connectivity index is 3.07. The number of ether oxygens (including phenoxy) is 1. The Morgan fingerprint density at radius 1 is 1.10 bits per heavy atom. The molecule has 0 radical (unpaired) electrons. The van der Waals surface area contributed by atoms with Crippen molar-refractivity contribution in [3.63, 3.8) is 0 Å². The van der Waals surface area contributed by atoms with Crippen molar-refractivity contribution in [2.24, 2.45) is 5.92 Å². The predicted octanol–water partition coefficient (Wildman–Crippen LogP) is 5.15. The van der Waals surface area contributed by atoms with Gasteiger partial charge in [0.25, 0.3) is 0 Å². The van der Waals surface area contributed by atoms with Crippen molar-refractivity contribution in [2.75, 3.05) is 7.11 Å². The molecule has 1 rings (SSSR count). The second kappa shape index (κ2) is 7.66. The highest BCUT2D eigenvalue weighted by atomic mass is 16.5. The molecule has 0 aliphatic heterocycles. The van der Waals surface area contributed by atoms with Gasteiger partial charge >= 0.3 is 0 Å². The van der Waals surface area contributed by atoms with Gasteiger partial charge in [-0.3, -0.25) is 0 Å². The first kappa shape index (κ1) is 17.0. The molecule has 0 aromatic carbocycles. The molecule has 0 spiro atoms. The first-order valence-corrected chi connectivity index (χ1v) is 8.08. The number of hydrogen-bond acceptors (Lipinski definition) is 2. The summed E-state index contributed by atoms with van der Waals surface area (Å²) in [5, 5.41) is 0. The van der Waals surface area contributed by atoms with Crippen LogP contribution in [0, 0.1) is 5.92 Å². The molecule has 1 aromatic heterocycles. The van der Waals surface area contributed by atoms with Crippen molar-refractivity contribution in [2.45, 2.75) is 72.1 Å². The summed E-state index contributed by atoms with van der Waals surface area (Å²) in [5.74, 6) is 1.54. The van der Waals surface area contributed by atoms with E-state index in [1.54, 1.807) is 7.11 Å². The van der Waals surface area contributed by atoms with Gasteiger partial charge in [0.1, 0.15) is 0 Å². The normalized spacial score (nSPS) is 11.9. The fourth-order valence-corrected chi connectivity index (χ4v) is 2.64. The van der Waals surface area contributed by atoms with Crippen LogP contribution in [0.25, 0.3) is 0 Å². The molecule has 0 amide bonds. The Morgan fingerprint density at radius 3 is 2.15 bits per heavy atom. The van der Waals surface area contributed by atoms with Crippen molar-refractivity contribution < 1.29 is 4.74 Å². The molecule has 2 nitrogen and oxygen atoms in total. The van der Waals surface area contributed by atoms with Gasteiger partial charge in [0.05, 0.1) is 12.8 Å². The molecule has 114 valence electrons. The number of nitrogens with zero attached hydrogens (tertiary/aromatic N) is 1. The van der Waals surface area contributed by atoms with E-state index >= 15 is 0 Å². The maximum absolute atomic E-state index is 5.55. The summed E-state index contributed by atoms with van der Waals surface area (Å²) in [5.41, 5.74) is 2.56. The molecular formula is C18H31NO. The van der Waals surface area contributed by atoms with E-state index < -0.39 is 0 Å². The second-order valence-corrected chi connectivity index (χ2v) is 6.02. The van der Waals surface area contributed by atoms with Crippen LogP contribution in [0.4, 0.5) is 0 Å². The molecule has 0 aliphatic rings. The number of rotatable bonds is 8. The maximum atomic E-state index is 5.55. The molecule has 0 aliphatic carbocycles. The zero-order valence-electron chi connectivity index (χ0n) is 14.1. The van der Waals surface area contributed by atoms with Gasteiger partial charge in [0.15, 0.2) is 0 Å². The number of methoxy groups -OCH3 is 1. The molecule has 0 atom stereocenters. The molecular weight excluding hydrogens is 246 g/mol. The summed E-state index contributed by atoms with van der Waals surface area (Å²) >= 11 is 0. The lowest BCUT2D eigenvalue weighted by molar-refractivity contribution is 0.369. The van der Waals surface area contributed by atoms with Crippen LogP contribution in [-0.2, 0) is 11.8 Å². The average molecular weight is 277 g/mol. The van der Waals surface area contributed by atoms with Crippen LogP contribution in [0.2, 0.25) is 0 Å². The van der Waals surface area contributed by atoms with E-state index in [4.69, 9.17) is 9.72 Å². The van der Waals surface area contributed by atoms with Crippen LogP contribution in [0.3, 0.4) is 0 Å². The minimum atomic E-state index is 0.153. The molecule has 20 heavy (non-hydrogen) atoms. The van der Waals surface area contributed by atoms with E-state index in [2.05, 4.69) is 46.8 Å². The van der Waals surface area contributed by atoms with Gasteiger partial charge in [0, 0.05) is 11.0 Å². The molecule has 1 aromatic rings. The molecule has 2 heteroatoms. The summed E-state index contributed by atoms with van der Waals surface area (Å²) in [6, 6.07) is 4.43. The lowest BCUT2D eigenvalue weighted by Gasteiger charge is -2.27. The average Bonchev–Trinajstić information content (AvgIpc) is 2.51. The quantitative estimate of drug-likeness (QED) is 0.656. The summed E-state index contributed by atoms with van der Waals surface area (Å²) in [6.07, 6.45) is 5.70. The van der Waals surface area contributed by atoms with Crippen LogP contribution in [0.1, 0.15) is 71.6 Å².